The summed E-state index contributed by atoms with van der Waals surface area (Å²) in [5.41, 5.74) is 5.34. The van der Waals surface area contributed by atoms with Crippen LogP contribution in [0.2, 0.25) is 0 Å². The van der Waals surface area contributed by atoms with E-state index in [1.165, 1.54) is 0 Å². The molecule has 0 atom stereocenters. The second kappa shape index (κ2) is 7.63. The molecule has 0 unspecified atom stereocenters. The van der Waals surface area contributed by atoms with E-state index in [0.29, 0.717) is 12.3 Å². The van der Waals surface area contributed by atoms with Gasteiger partial charge < -0.3 is 16.3 Å². The Morgan fingerprint density at radius 2 is 2.31 bits per heavy atom. The Balaban J connectivity index is 1.89. The molecule has 7 heteroatoms. The van der Waals surface area contributed by atoms with Crippen LogP contribution >= 0.6 is 0 Å². The highest BCUT2D eigenvalue weighted by molar-refractivity contribution is 5.79. The molecule has 0 bridgehead atoms. The number of unbranched alkanes of at least 4 members (excludes halogenated alkanes) is 1. The fraction of sp³-hybridized carbons (Fsp3) is 0.667. The zero-order chi connectivity index (χ0) is 11.6. The Bertz CT molecular complexity index is 297. The molecular weight excluding hydrogens is 208 g/mol. The molecule has 0 saturated carbocycles. The van der Waals surface area contributed by atoms with E-state index in [0.717, 1.165) is 32.5 Å². The molecule has 0 radical (unpaired) electrons. The average Bonchev–Trinajstić information content (AvgIpc) is 2.80. The van der Waals surface area contributed by atoms with Crippen molar-refractivity contribution in [3.63, 3.8) is 0 Å². The van der Waals surface area contributed by atoms with Crippen molar-refractivity contribution in [1.29, 1.82) is 0 Å². The second-order valence-corrected chi connectivity index (χ2v) is 3.46. The Hall–Kier alpha value is -1.63. The van der Waals surface area contributed by atoms with Crippen molar-refractivity contribution in [3.8, 4) is 0 Å². The van der Waals surface area contributed by atoms with Crippen LogP contribution in [-0.4, -0.2) is 39.1 Å². The van der Waals surface area contributed by atoms with E-state index in [2.05, 4.69) is 20.8 Å². The summed E-state index contributed by atoms with van der Waals surface area (Å²) >= 11 is 0. The van der Waals surface area contributed by atoms with Crippen molar-refractivity contribution in [2.75, 3.05) is 13.1 Å². The molecule has 0 saturated heterocycles. The summed E-state index contributed by atoms with van der Waals surface area (Å²) in [7, 11) is 0. The van der Waals surface area contributed by atoms with Gasteiger partial charge in [0.05, 0.1) is 12.7 Å². The van der Waals surface area contributed by atoms with Gasteiger partial charge in [0, 0.05) is 19.2 Å². The molecule has 0 fully saturated rings. The standard InChI is InChI=1S/C9H18N6O/c10-9(13-16)3-1-2-4-11-5-7-15-8-6-12-14-15/h6,8,11,16H,1-5,7H2,(H2,10,13). The molecule has 1 rings (SSSR count). The number of amidine groups is 1. The second-order valence-electron chi connectivity index (χ2n) is 3.46. The number of hydrogen-bond acceptors (Lipinski definition) is 5. The minimum Gasteiger partial charge on any atom is -0.409 e. The van der Waals surface area contributed by atoms with Crippen LogP contribution in [0.5, 0.6) is 0 Å². The smallest absolute Gasteiger partial charge is 0.139 e. The van der Waals surface area contributed by atoms with Gasteiger partial charge in [0.1, 0.15) is 5.84 Å². The maximum atomic E-state index is 8.31. The lowest BCUT2D eigenvalue weighted by Crippen LogP contribution is -2.21. The van der Waals surface area contributed by atoms with Crippen molar-refractivity contribution in [2.45, 2.75) is 25.8 Å². The third-order valence-electron chi connectivity index (χ3n) is 2.15. The molecule has 0 aromatic carbocycles. The SMILES string of the molecule is N/C(CCCCNCCn1ccnn1)=N/O. The lowest BCUT2D eigenvalue weighted by Gasteiger charge is -2.04. The maximum Gasteiger partial charge on any atom is 0.139 e. The van der Waals surface area contributed by atoms with Crippen LogP contribution in [0.4, 0.5) is 0 Å². The number of nitrogens with two attached hydrogens (primary N) is 1. The van der Waals surface area contributed by atoms with E-state index < -0.39 is 0 Å². The topological polar surface area (TPSA) is 101 Å². The quantitative estimate of drug-likeness (QED) is 0.187. The van der Waals surface area contributed by atoms with Gasteiger partial charge >= 0.3 is 0 Å². The first-order chi connectivity index (χ1) is 7.83. The number of oxime groups is 1. The predicted octanol–water partition coefficient (Wildman–Crippen LogP) is -0.216. The monoisotopic (exact) mass is 226 g/mol. The van der Waals surface area contributed by atoms with Crippen LogP contribution in [0.25, 0.3) is 0 Å². The van der Waals surface area contributed by atoms with E-state index in [4.69, 9.17) is 10.9 Å². The highest BCUT2D eigenvalue weighted by Crippen LogP contribution is 1.93. The zero-order valence-electron chi connectivity index (χ0n) is 9.21. The van der Waals surface area contributed by atoms with Gasteiger partial charge in [-0.05, 0) is 19.4 Å². The van der Waals surface area contributed by atoms with Crippen molar-refractivity contribution in [1.82, 2.24) is 20.3 Å². The Kier molecular flexibility index (Phi) is 5.94. The molecule has 1 aromatic heterocycles. The number of nitrogens with one attached hydrogen (secondary N) is 1. The molecule has 0 aliphatic heterocycles. The third kappa shape index (κ3) is 5.30. The summed E-state index contributed by atoms with van der Waals surface area (Å²) < 4.78 is 1.78. The molecule has 0 amide bonds. The van der Waals surface area contributed by atoms with Gasteiger partial charge in [0.15, 0.2) is 0 Å². The summed E-state index contributed by atoms with van der Waals surface area (Å²) in [4.78, 5) is 0. The summed E-state index contributed by atoms with van der Waals surface area (Å²) in [6, 6.07) is 0. The normalized spacial score (nSPS) is 11.9. The van der Waals surface area contributed by atoms with Crippen LogP contribution in [-0.2, 0) is 6.54 Å². The Morgan fingerprint density at radius 1 is 1.44 bits per heavy atom. The molecule has 90 valence electrons. The predicted molar refractivity (Wildman–Crippen MR) is 60.2 cm³/mol. The molecular formula is C9H18N6O. The van der Waals surface area contributed by atoms with E-state index in [1.54, 1.807) is 10.9 Å². The van der Waals surface area contributed by atoms with Crippen LogP contribution in [0.3, 0.4) is 0 Å². The summed E-state index contributed by atoms with van der Waals surface area (Å²) in [5.74, 6) is 0.294. The van der Waals surface area contributed by atoms with Gasteiger partial charge in [-0.15, -0.1) is 5.10 Å². The molecule has 0 spiro atoms. The molecule has 7 nitrogen and oxygen atoms in total. The van der Waals surface area contributed by atoms with E-state index in [1.807, 2.05) is 6.20 Å². The van der Waals surface area contributed by atoms with Crippen molar-refractivity contribution in [2.24, 2.45) is 10.9 Å². The first kappa shape index (κ1) is 12.4. The summed E-state index contributed by atoms with van der Waals surface area (Å²) in [5, 5.41) is 22.1. The molecule has 1 heterocycles. The molecule has 16 heavy (non-hydrogen) atoms. The van der Waals surface area contributed by atoms with Crippen LogP contribution in [0.1, 0.15) is 19.3 Å². The Labute approximate surface area is 94.3 Å². The number of hydrogen-bond donors (Lipinski definition) is 3. The van der Waals surface area contributed by atoms with Crippen molar-refractivity contribution >= 4 is 5.84 Å². The highest BCUT2D eigenvalue weighted by atomic mass is 16.4. The number of nitrogens with zero attached hydrogens (tertiary/aromatic N) is 4. The lowest BCUT2D eigenvalue weighted by atomic mass is 10.2. The average molecular weight is 226 g/mol. The Morgan fingerprint density at radius 3 is 3.00 bits per heavy atom. The van der Waals surface area contributed by atoms with E-state index in [-0.39, 0.29) is 0 Å². The molecule has 1 aromatic rings. The van der Waals surface area contributed by atoms with E-state index >= 15 is 0 Å². The van der Waals surface area contributed by atoms with Gasteiger partial charge in [-0.1, -0.05) is 10.4 Å². The largest absolute Gasteiger partial charge is 0.409 e. The van der Waals surface area contributed by atoms with Gasteiger partial charge in [-0.2, -0.15) is 0 Å². The minimum absolute atomic E-state index is 0.294. The van der Waals surface area contributed by atoms with Crippen LogP contribution in [0, 0.1) is 0 Å². The van der Waals surface area contributed by atoms with Gasteiger partial charge in [0.25, 0.3) is 0 Å². The fourth-order valence-corrected chi connectivity index (χ4v) is 1.28. The lowest BCUT2D eigenvalue weighted by molar-refractivity contribution is 0.316. The zero-order valence-corrected chi connectivity index (χ0v) is 9.21. The minimum atomic E-state index is 0.294. The van der Waals surface area contributed by atoms with Crippen molar-refractivity contribution in [3.05, 3.63) is 12.4 Å². The summed E-state index contributed by atoms with van der Waals surface area (Å²) in [6.07, 6.45) is 6.07. The molecule has 0 aliphatic rings. The highest BCUT2D eigenvalue weighted by Gasteiger charge is 1.94. The summed E-state index contributed by atoms with van der Waals surface area (Å²) in [6.45, 7) is 2.61. The third-order valence-corrected chi connectivity index (χ3v) is 2.15. The first-order valence-corrected chi connectivity index (χ1v) is 5.34. The van der Waals surface area contributed by atoms with Gasteiger partial charge in [0.2, 0.25) is 0 Å². The molecule has 4 N–H and O–H groups in total. The fourth-order valence-electron chi connectivity index (χ4n) is 1.28. The molecule has 0 aliphatic carbocycles. The number of aromatic nitrogens is 3. The maximum absolute atomic E-state index is 8.31. The van der Waals surface area contributed by atoms with Crippen LogP contribution in [0.15, 0.2) is 17.5 Å². The van der Waals surface area contributed by atoms with Gasteiger partial charge in [-0.25, -0.2) is 0 Å². The van der Waals surface area contributed by atoms with E-state index in [9.17, 15) is 0 Å². The van der Waals surface area contributed by atoms with Crippen molar-refractivity contribution < 1.29 is 5.21 Å². The van der Waals surface area contributed by atoms with Gasteiger partial charge in [-0.3, -0.25) is 4.68 Å². The first-order valence-electron chi connectivity index (χ1n) is 5.34. The van der Waals surface area contributed by atoms with Crippen LogP contribution < -0.4 is 11.1 Å². The number of rotatable bonds is 8.